The lowest BCUT2D eigenvalue weighted by Crippen LogP contribution is -2.15. The molecule has 0 saturated carbocycles. The van der Waals surface area contributed by atoms with Crippen LogP contribution in [-0.2, 0) is 6.54 Å². The predicted molar refractivity (Wildman–Crippen MR) is 67.3 cm³/mol. The second-order valence-corrected chi connectivity index (χ2v) is 4.20. The number of hydrogen-bond donors (Lipinski definition) is 1. The fourth-order valence-electron chi connectivity index (χ4n) is 1.33. The van der Waals surface area contributed by atoms with Gasteiger partial charge in [-0.3, -0.25) is 0 Å². The van der Waals surface area contributed by atoms with Gasteiger partial charge in [-0.1, -0.05) is 42.8 Å². The molecular weight excluding hydrogens is 206 g/mol. The van der Waals surface area contributed by atoms with Crippen molar-refractivity contribution in [2.24, 2.45) is 0 Å². The van der Waals surface area contributed by atoms with Crippen molar-refractivity contribution in [3.63, 3.8) is 0 Å². The van der Waals surface area contributed by atoms with Gasteiger partial charge in [0.15, 0.2) is 0 Å². The SMILES string of the molecule is C=C(CC)CNCc1ccc(Cl)c(C)c1. The molecule has 1 rings (SSSR count). The summed E-state index contributed by atoms with van der Waals surface area (Å²) < 4.78 is 0. The minimum atomic E-state index is 0.830. The molecule has 1 aromatic rings. The van der Waals surface area contributed by atoms with Crippen LogP contribution in [0.1, 0.15) is 24.5 Å². The zero-order valence-electron chi connectivity index (χ0n) is 9.44. The maximum absolute atomic E-state index is 5.95. The van der Waals surface area contributed by atoms with Crippen LogP contribution in [0.2, 0.25) is 5.02 Å². The van der Waals surface area contributed by atoms with Gasteiger partial charge in [0.25, 0.3) is 0 Å². The minimum absolute atomic E-state index is 0.830. The molecule has 1 N–H and O–H groups in total. The Morgan fingerprint density at radius 3 is 2.80 bits per heavy atom. The van der Waals surface area contributed by atoms with Crippen molar-refractivity contribution in [2.75, 3.05) is 6.54 Å². The smallest absolute Gasteiger partial charge is 0.0435 e. The lowest BCUT2D eigenvalue weighted by molar-refractivity contribution is 0.727. The zero-order valence-corrected chi connectivity index (χ0v) is 10.2. The molecule has 0 spiro atoms. The fourth-order valence-corrected chi connectivity index (χ4v) is 1.44. The molecule has 0 aliphatic rings. The van der Waals surface area contributed by atoms with E-state index in [1.807, 2.05) is 13.0 Å². The van der Waals surface area contributed by atoms with Gasteiger partial charge in [-0.25, -0.2) is 0 Å². The summed E-state index contributed by atoms with van der Waals surface area (Å²) in [7, 11) is 0. The first-order valence-electron chi connectivity index (χ1n) is 5.26. The van der Waals surface area contributed by atoms with E-state index < -0.39 is 0 Å². The molecule has 0 bridgehead atoms. The van der Waals surface area contributed by atoms with Gasteiger partial charge in [-0.15, -0.1) is 0 Å². The number of hydrogen-bond acceptors (Lipinski definition) is 1. The number of rotatable bonds is 5. The molecule has 2 heteroatoms. The second-order valence-electron chi connectivity index (χ2n) is 3.79. The molecule has 0 unspecified atom stereocenters. The molecule has 1 aromatic carbocycles. The highest BCUT2D eigenvalue weighted by atomic mass is 35.5. The summed E-state index contributed by atoms with van der Waals surface area (Å²) in [6.45, 7) is 9.86. The van der Waals surface area contributed by atoms with Gasteiger partial charge in [0, 0.05) is 18.1 Å². The Morgan fingerprint density at radius 1 is 1.47 bits per heavy atom. The monoisotopic (exact) mass is 223 g/mol. The Kier molecular flexibility index (Phi) is 4.86. The number of nitrogens with one attached hydrogen (secondary N) is 1. The largest absolute Gasteiger partial charge is 0.309 e. The van der Waals surface area contributed by atoms with E-state index in [0.29, 0.717) is 0 Å². The van der Waals surface area contributed by atoms with E-state index >= 15 is 0 Å². The van der Waals surface area contributed by atoms with Crippen LogP contribution in [0.4, 0.5) is 0 Å². The quantitative estimate of drug-likeness (QED) is 0.751. The molecular formula is C13H18ClN. The average molecular weight is 224 g/mol. The van der Waals surface area contributed by atoms with E-state index in [1.165, 1.54) is 11.1 Å². The maximum Gasteiger partial charge on any atom is 0.0435 e. The maximum atomic E-state index is 5.95. The van der Waals surface area contributed by atoms with Crippen molar-refractivity contribution < 1.29 is 0 Å². The highest BCUT2D eigenvalue weighted by Crippen LogP contribution is 2.16. The van der Waals surface area contributed by atoms with Crippen molar-refractivity contribution in [3.05, 3.63) is 46.5 Å². The Balaban J connectivity index is 2.44. The first kappa shape index (κ1) is 12.3. The van der Waals surface area contributed by atoms with Crippen molar-refractivity contribution >= 4 is 11.6 Å². The lowest BCUT2D eigenvalue weighted by atomic mass is 10.1. The third-order valence-electron chi connectivity index (χ3n) is 2.43. The second kappa shape index (κ2) is 5.94. The minimum Gasteiger partial charge on any atom is -0.309 e. The van der Waals surface area contributed by atoms with E-state index in [1.54, 1.807) is 0 Å². The summed E-state index contributed by atoms with van der Waals surface area (Å²) in [6, 6.07) is 6.11. The summed E-state index contributed by atoms with van der Waals surface area (Å²) in [6.07, 6.45) is 1.03. The molecule has 0 aliphatic carbocycles. The van der Waals surface area contributed by atoms with Crippen LogP contribution in [0, 0.1) is 6.92 Å². The Morgan fingerprint density at radius 2 is 2.20 bits per heavy atom. The van der Waals surface area contributed by atoms with Crippen LogP contribution in [0.5, 0.6) is 0 Å². The molecule has 0 saturated heterocycles. The predicted octanol–water partition coefficient (Wildman–Crippen LogP) is 3.70. The van der Waals surface area contributed by atoms with Crippen LogP contribution >= 0.6 is 11.6 Å². The number of aryl methyl sites for hydroxylation is 1. The topological polar surface area (TPSA) is 12.0 Å². The Bertz CT molecular complexity index is 344. The van der Waals surface area contributed by atoms with Crippen LogP contribution < -0.4 is 5.32 Å². The molecule has 0 fully saturated rings. The molecule has 1 nitrogen and oxygen atoms in total. The summed E-state index contributed by atoms with van der Waals surface area (Å²) in [5, 5.41) is 4.19. The highest BCUT2D eigenvalue weighted by molar-refractivity contribution is 6.31. The van der Waals surface area contributed by atoms with E-state index in [0.717, 1.165) is 30.1 Å². The third kappa shape index (κ3) is 4.06. The van der Waals surface area contributed by atoms with Crippen LogP contribution in [-0.4, -0.2) is 6.54 Å². The number of benzene rings is 1. The van der Waals surface area contributed by atoms with Crippen LogP contribution in [0.25, 0.3) is 0 Å². The normalized spacial score (nSPS) is 10.3. The van der Waals surface area contributed by atoms with Gasteiger partial charge >= 0.3 is 0 Å². The summed E-state index contributed by atoms with van der Waals surface area (Å²) >= 11 is 5.95. The van der Waals surface area contributed by atoms with E-state index in [2.05, 4.69) is 31.0 Å². The molecule has 0 aliphatic heterocycles. The molecule has 0 radical (unpaired) electrons. The number of halogens is 1. The summed E-state index contributed by atoms with van der Waals surface area (Å²) in [4.78, 5) is 0. The molecule has 0 atom stereocenters. The molecule has 0 amide bonds. The van der Waals surface area contributed by atoms with Gasteiger partial charge in [-0.05, 0) is 30.5 Å². The Labute approximate surface area is 97.1 Å². The Hall–Kier alpha value is -0.790. The molecule has 15 heavy (non-hydrogen) atoms. The van der Waals surface area contributed by atoms with Crippen molar-refractivity contribution in [3.8, 4) is 0 Å². The van der Waals surface area contributed by atoms with Gasteiger partial charge in [-0.2, -0.15) is 0 Å². The van der Waals surface area contributed by atoms with Crippen LogP contribution in [0.3, 0.4) is 0 Å². The van der Waals surface area contributed by atoms with Crippen molar-refractivity contribution in [1.29, 1.82) is 0 Å². The van der Waals surface area contributed by atoms with Gasteiger partial charge in [0.2, 0.25) is 0 Å². The van der Waals surface area contributed by atoms with Gasteiger partial charge < -0.3 is 5.32 Å². The lowest BCUT2D eigenvalue weighted by Gasteiger charge is -2.07. The standard InChI is InChI=1S/C13H18ClN/c1-4-10(2)8-15-9-12-5-6-13(14)11(3)7-12/h5-7,15H,2,4,8-9H2,1,3H3. The van der Waals surface area contributed by atoms with E-state index in [9.17, 15) is 0 Å². The first-order chi connectivity index (χ1) is 7.13. The van der Waals surface area contributed by atoms with E-state index in [-0.39, 0.29) is 0 Å². The first-order valence-corrected chi connectivity index (χ1v) is 5.63. The zero-order chi connectivity index (χ0) is 11.3. The van der Waals surface area contributed by atoms with E-state index in [4.69, 9.17) is 11.6 Å². The summed E-state index contributed by atoms with van der Waals surface area (Å²) in [5.74, 6) is 0. The van der Waals surface area contributed by atoms with Gasteiger partial charge in [0.05, 0.1) is 0 Å². The highest BCUT2D eigenvalue weighted by Gasteiger charge is 1.97. The molecule has 82 valence electrons. The van der Waals surface area contributed by atoms with Gasteiger partial charge in [0.1, 0.15) is 0 Å². The third-order valence-corrected chi connectivity index (χ3v) is 2.85. The van der Waals surface area contributed by atoms with Crippen molar-refractivity contribution in [2.45, 2.75) is 26.8 Å². The summed E-state index contributed by atoms with van der Waals surface area (Å²) in [5.41, 5.74) is 3.63. The molecule has 0 aromatic heterocycles. The molecule has 0 heterocycles. The van der Waals surface area contributed by atoms with Crippen molar-refractivity contribution in [1.82, 2.24) is 5.32 Å². The fraction of sp³-hybridized carbons (Fsp3) is 0.385. The average Bonchev–Trinajstić information content (AvgIpc) is 2.23. The van der Waals surface area contributed by atoms with Crippen LogP contribution in [0.15, 0.2) is 30.4 Å².